The highest BCUT2D eigenvalue weighted by atomic mass is 16.4. The van der Waals surface area contributed by atoms with Crippen molar-refractivity contribution < 1.29 is 9.90 Å². The molecule has 1 aromatic heterocycles. The molecule has 0 atom stereocenters. The van der Waals surface area contributed by atoms with Gasteiger partial charge in [0.25, 0.3) is 0 Å². The summed E-state index contributed by atoms with van der Waals surface area (Å²) < 4.78 is 0. The van der Waals surface area contributed by atoms with Crippen molar-refractivity contribution in [3.8, 4) is 0 Å². The van der Waals surface area contributed by atoms with Gasteiger partial charge in [-0.1, -0.05) is 31.5 Å². The Morgan fingerprint density at radius 2 is 2.14 bits per heavy atom. The molecule has 110 valence electrons. The second-order valence-corrected chi connectivity index (χ2v) is 5.98. The normalized spacial score (nSPS) is 15.9. The van der Waals surface area contributed by atoms with Crippen LogP contribution in [-0.4, -0.2) is 22.6 Å². The molecule has 0 radical (unpaired) electrons. The van der Waals surface area contributed by atoms with Gasteiger partial charge in [0.1, 0.15) is 5.82 Å². The molecule has 0 spiro atoms. The van der Waals surface area contributed by atoms with Crippen LogP contribution >= 0.6 is 0 Å². The monoisotopic (exact) mass is 284 g/mol. The molecule has 4 heteroatoms. The fraction of sp³-hybridized carbons (Fsp3) is 0.412. The molecule has 3 rings (SSSR count). The minimum absolute atomic E-state index is 0.309. The maximum Gasteiger partial charge on any atom is 0.336 e. The Kier molecular flexibility index (Phi) is 3.53. The van der Waals surface area contributed by atoms with Gasteiger partial charge >= 0.3 is 5.97 Å². The summed E-state index contributed by atoms with van der Waals surface area (Å²) in [6, 6.07) is 9.02. The molecule has 1 aliphatic rings. The van der Waals surface area contributed by atoms with E-state index in [-0.39, 0.29) is 0 Å². The molecule has 21 heavy (non-hydrogen) atoms. The quantitative estimate of drug-likeness (QED) is 0.843. The van der Waals surface area contributed by atoms with Gasteiger partial charge in [-0.2, -0.15) is 0 Å². The van der Waals surface area contributed by atoms with Gasteiger partial charge in [0.2, 0.25) is 0 Å². The molecule has 4 nitrogen and oxygen atoms in total. The van der Waals surface area contributed by atoms with Gasteiger partial charge < -0.3 is 10.4 Å². The fourth-order valence-corrected chi connectivity index (χ4v) is 2.94. The molecule has 1 aromatic carbocycles. The number of carboxylic acid groups (broad SMARTS) is 1. The predicted molar refractivity (Wildman–Crippen MR) is 83.8 cm³/mol. The second kappa shape index (κ2) is 5.35. The molecule has 2 aromatic rings. The lowest BCUT2D eigenvalue weighted by Crippen LogP contribution is -2.16. The minimum atomic E-state index is -0.911. The van der Waals surface area contributed by atoms with Crippen LogP contribution in [0.4, 0.5) is 5.82 Å². The molecule has 1 fully saturated rings. The van der Waals surface area contributed by atoms with Crippen molar-refractivity contribution in [3.63, 3.8) is 0 Å². The lowest BCUT2D eigenvalue weighted by molar-refractivity contribution is 0.0699. The number of benzene rings is 1. The van der Waals surface area contributed by atoms with Crippen LogP contribution in [-0.2, 0) is 0 Å². The highest BCUT2D eigenvalue weighted by Crippen LogP contribution is 2.49. The molecule has 0 bridgehead atoms. The average molecular weight is 284 g/mol. The van der Waals surface area contributed by atoms with E-state index in [9.17, 15) is 9.90 Å². The number of nitrogens with zero attached hydrogens (tertiary/aromatic N) is 1. The Balaban J connectivity index is 1.87. The first-order chi connectivity index (χ1) is 10.1. The van der Waals surface area contributed by atoms with E-state index < -0.39 is 5.97 Å². The third kappa shape index (κ3) is 2.84. The van der Waals surface area contributed by atoms with Crippen molar-refractivity contribution in [3.05, 3.63) is 35.9 Å². The zero-order chi connectivity index (χ0) is 14.9. The third-order valence-electron chi connectivity index (χ3n) is 4.33. The van der Waals surface area contributed by atoms with Crippen molar-refractivity contribution in [1.82, 2.24) is 4.98 Å². The van der Waals surface area contributed by atoms with Crippen LogP contribution in [0.2, 0.25) is 0 Å². The first kappa shape index (κ1) is 13.9. The zero-order valence-electron chi connectivity index (χ0n) is 12.2. The standard InChI is InChI=1S/C17H20N2O2/c1-2-7-17(8-9-17)11-18-15-10-13(16(20)21)12-5-3-4-6-14(12)19-15/h3-6,10H,2,7-9,11H2,1H3,(H,18,19)(H,20,21). The fourth-order valence-electron chi connectivity index (χ4n) is 2.94. The first-order valence-corrected chi connectivity index (χ1v) is 7.50. The number of aromatic nitrogens is 1. The Labute approximate surface area is 124 Å². The Hall–Kier alpha value is -2.10. The number of fused-ring (bicyclic) bond motifs is 1. The van der Waals surface area contributed by atoms with Crippen molar-refractivity contribution in [2.45, 2.75) is 32.6 Å². The van der Waals surface area contributed by atoms with Crippen molar-refractivity contribution in [2.24, 2.45) is 5.41 Å². The summed E-state index contributed by atoms with van der Waals surface area (Å²) in [6.07, 6.45) is 4.92. The number of pyridine rings is 1. The van der Waals surface area contributed by atoms with Gasteiger partial charge in [-0.3, -0.25) is 0 Å². The summed E-state index contributed by atoms with van der Waals surface area (Å²) in [4.78, 5) is 16.0. The first-order valence-electron chi connectivity index (χ1n) is 7.50. The maximum absolute atomic E-state index is 11.4. The van der Waals surface area contributed by atoms with Gasteiger partial charge in [-0.25, -0.2) is 9.78 Å². The predicted octanol–water partition coefficient (Wildman–Crippen LogP) is 3.93. The molecule has 1 aliphatic carbocycles. The van der Waals surface area contributed by atoms with E-state index in [4.69, 9.17) is 0 Å². The number of para-hydroxylation sites is 1. The second-order valence-electron chi connectivity index (χ2n) is 5.98. The van der Waals surface area contributed by atoms with Gasteiger partial charge in [0.05, 0.1) is 11.1 Å². The van der Waals surface area contributed by atoms with E-state index in [1.54, 1.807) is 12.1 Å². The van der Waals surface area contributed by atoms with Gasteiger partial charge in [-0.05, 0) is 36.8 Å². The van der Waals surface area contributed by atoms with E-state index in [1.807, 2.05) is 18.2 Å². The van der Waals surface area contributed by atoms with Crippen LogP contribution in [0.3, 0.4) is 0 Å². The maximum atomic E-state index is 11.4. The van der Waals surface area contributed by atoms with Crippen LogP contribution in [0.25, 0.3) is 10.9 Å². The third-order valence-corrected chi connectivity index (χ3v) is 4.33. The van der Waals surface area contributed by atoms with E-state index in [1.165, 1.54) is 25.7 Å². The number of nitrogens with one attached hydrogen (secondary N) is 1. The molecule has 1 heterocycles. The number of rotatable bonds is 6. The van der Waals surface area contributed by atoms with Crippen LogP contribution in [0.5, 0.6) is 0 Å². The lowest BCUT2D eigenvalue weighted by atomic mass is 10.0. The molecular formula is C17H20N2O2. The molecular weight excluding hydrogens is 264 g/mol. The SMILES string of the molecule is CCCC1(CNc2cc(C(=O)O)c3ccccc3n2)CC1. The molecule has 1 saturated carbocycles. The molecule has 0 aliphatic heterocycles. The molecule has 0 amide bonds. The molecule has 0 unspecified atom stereocenters. The summed E-state index contributed by atoms with van der Waals surface area (Å²) in [5.74, 6) is -0.250. The van der Waals surface area contributed by atoms with Crippen LogP contribution in [0, 0.1) is 5.41 Å². The highest BCUT2D eigenvalue weighted by molar-refractivity contribution is 6.03. The van der Waals surface area contributed by atoms with Crippen LogP contribution in [0.15, 0.2) is 30.3 Å². The van der Waals surface area contributed by atoms with Gasteiger partial charge in [0.15, 0.2) is 0 Å². The zero-order valence-corrected chi connectivity index (χ0v) is 12.2. The summed E-state index contributed by atoms with van der Waals surface area (Å²) >= 11 is 0. The molecule has 0 saturated heterocycles. The Morgan fingerprint density at radius 1 is 1.38 bits per heavy atom. The number of hydrogen-bond donors (Lipinski definition) is 2. The minimum Gasteiger partial charge on any atom is -0.478 e. The highest BCUT2D eigenvalue weighted by Gasteiger charge is 2.41. The number of carboxylic acids is 1. The van der Waals surface area contributed by atoms with Gasteiger partial charge in [-0.15, -0.1) is 0 Å². The van der Waals surface area contributed by atoms with Crippen molar-refractivity contribution in [2.75, 3.05) is 11.9 Å². The number of aromatic carboxylic acids is 1. The van der Waals surface area contributed by atoms with Gasteiger partial charge in [0, 0.05) is 11.9 Å². The Bertz CT molecular complexity index is 678. The van der Waals surface area contributed by atoms with Crippen molar-refractivity contribution >= 4 is 22.7 Å². The van der Waals surface area contributed by atoms with E-state index in [0.29, 0.717) is 22.2 Å². The number of anilines is 1. The Morgan fingerprint density at radius 3 is 2.81 bits per heavy atom. The number of hydrogen-bond acceptors (Lipinski definition) is 3. The topological polar surface area (TPSA) is 62.2 Å². The molecule has 2 N–H and O–H groups in total. The largest absolute Gasteiger partial charge is 0.478 e. The summed E-state index contributed by atoms with van der Waals surface area (Å²) in [6.45, 7) is 3.09. The van der Waals surface area contributed by atoms with E-state index in [0.717, 1.165) is 12.1 Å². The van der Waals surface area contributed by atoms with E-state index >= 15 is 0 Å². The van der Waals surface area contributed by atoms with Crippen molar-refractivity contribution in [1.29, 1.82) is 0 Å². The average Bonchev–Trinajstić information content (AvgIpc) is 3.24. The smallest absolute Gasteiger partial charge is 0.336 e. The lowest BCUT2D eigenvalue weighted by Gasteiger charge is -2.16. The van der Waals surface area contributed by atoms with Crippen LogP contribution in [0.1, 0.15) is 43.0 Å². The summed E-state index contributed by atoms with van der Waals surface area (Å²) in [7, 11) is 0. The summed E-state index contributed by atoms with van der Waals surface area (Å²) in [5.41, 5.74) is 1.44. The van der Waals surface area contributed by atoms with E-state index in [2.05, 4.69) is 17.2 Å². The number of carbonyl (C=O) groups is 1. The van der Waals surface area contributed by atoms with Crippen LogP contribution < -0.4 is 5.32 Å². The summed E-state index contributed by atoms with van der Waals surface area (Å²) in [5, 5.41) is 13.4.